The van der Waals surface area contributed by atoms with Gasteiger partial charge in [0.1, 0.15) is 13.1 Å². The van der Waals surface area contributed by atoms with Crippen molar-refractivity contribution in [3.63, 3.8) is 0 Å². The van der Waals surface area contributed by atoms with E-state index >= 15 is 0 Å². The molecule has 0 heterocycles. The Labute approximate surface area is 222 Å². The van der Waals surface area contributed by atoms with Crippen LogP contribution in [0.3, 0.4) is 0 Å². The Bertz CT molecular complexity index is 818. The van der Waals surface area contributed by atoms with Gasteiger partial charge in [0.25, 0.3) is 0 Å². The first kappa shape index (κ1) is 33.6. The smallest absolute Gasteiger partial charge is 0.119 e. The van der Waals surface area contributed by atoms with E-state index in [-0.39, 0.29) is 0 Å². The second-order valence-corrected chi connectivity index (χ2v) is 9.55. The average Bonchev–Trinajstić information content (AvgIpc) is 2.92. The van der Waals surface area contributed by atoms with Crippen molar-refractivity contribution in [2.24, 2.45) is 5.92 Å². The highest BCUT2D eigenvalue weighted by molar-refractivity contribution is 5.49. The zero-order chi connectivity index (χ0) is 27.0. The van der Waals surface area contributed by atoms with Crippen molar-refractivity contribution in [3.05, 3.63) is 76.6 Å². The maximum Gasteiger partial charge on any atom is 0.119 e. The highest BCUT2D eigenvalue weighted by Gasteiger charge is 2.12. The fourth-order valence-electron chi connectivity index (χ4n) is 4.85. The van der Waals surface area contributed by atoms with E-state index in [1.807, 2.05) is 20.6 Å². The van der Waals surface area contributed by atoms with Crippen LogP contribution in [0.4, 0.5) is 0 Å². The van der Waals surface area contributed by atoms with Gasteiger partial charge in [-0.3, -0.25) is 0 Å². The van der Waals surface area contributed by atoms with Crippen molar-refractivity contribution in [3.8, 4) is 0 Å². The average molecular weight is 493 g/mol. The third kappa shape index (κ3) is 14.8. The fraction of sp³-hybridized carbons (Fsp3) is 0.559. The van der Waals surface area contributed by atoms with Gasteiger partial charge < -0.3 is 9.59 Å². The third-order valence-electron chi connectivity index (χ3n) is 6.72. The number of hydrogen-bond acceptors (Lipinski definition) is 2. The lowest BCUT2D eigenvalue weighted by Gasteiger charge is -2.21. The molecule has 0 N–H and O–H groups in total. The molecule has 1 fully saturated rings. The standard InChI is InChI=1S/C31H44O.C2H6.CH2O/c1-4-14-31-29(19-9-6-12-24-32)20-13-21-30(31)25-27(3)16-11-10-15-26(2)22-23-28-17-7-5-8-18-28;2*1-2/h10-11,13,16,20-21,24,28H,3-9,12,14,17-19,22-23,25H2,1-2H3;1-2H3;1H2/b16-11-;;. The molecule has 36 heavy (non-hydrogen) atoms. The first-order valence-electron chi connectivity index (χ1n) is 14.2. The molecule has 1 aliphatic rings. The molecule has 0 aliphatic heterocycles. The first-order chi connectivity index (χ1) is 17.6. The zero-order valence-corrected chi connectivity index (χ0v) is 23.7. The molecule has 0 radical (unpaired) electrons. The Kier molecular flexibility index (Phi) is 21.4. The second kappa shape index (κ2) is 23.0. The number of aldehydes is 1. The van der Waals surface area contributed by atoms with Gasteiger partial charge in [-0.05, 0) is 86.1 Å². The normalized spacial score (nSPS) is 13.0. The van der Waals surface area contributed by atoms with Crippen molar-refractivity contribution < 1.29 is 9.59 Å². The van der Waals surface area contributed by atoms with E-state index in [0.717, 1.165) is 56.3 Å². The predicted molar refractivity (Wildman–Crippen MR) is 158 cm³/mol. The summed E-state index contributed by atoms with van der Waals surface area (Å²) in [6.45, 7) is 14.8. The van der Waals surface area contributed by atoms with E-state index in [1.165, 1.54) is 67.2 Å². The Balaban J connectivity index is 0.00000291. The lowest BCUT2D eigenvalue weighted by Crippen LogP contribution is -2.05. The maximum absolute atomic E-state index is 10.6. The van der Waals surface area contributed by atoms with Gasteiger partial charge in [-0.2, -0.15) is 0 Å². The molecule has 2 nitrogen and oxygen atoms in total. The molecule has 0 unspecified atom stereocenters. The number of rotatable bonds is 14. The van der Waals surface area contributed by atoms with Crippen LogP contribution in [0.25, 0.3) is 0 Å². The minimum atomic E-state index is 0.673. The summed E-state index contributed by atoms with van der Waals surface area (Å²) in [7, 11) is 0. The zero-order valence-electron chi connectivity index (χ0n) is 23.7. The van der Waals surface area contributed by atoms with Crippen LogP contribution in [0.1, 0.15) is 115 Å². The van der Waals surface area contributed by atoms with Crippen LogP contribution >= 0.6 is 0 Å². The number of aryl methyl sites for hydroxylation is 1. The van der Waals surface area contributed by atoms with Crippen molar-refractivity contribution in [2.75, 3.05) is 0 Å². The molecule has 0 atom stereocenters. The molecule has 1 saturated carbocycles. The molecule has 200 valence electrons. The lowest BCUT2D eigenvalue weighted by atomic mass is 9.85. The molecule has 1 aliphatic carbocycles. The molecule has 0 aromatic heterocycles. The summed E-state index contributed by atoms with van der Waals surface area (Å²) in [5, 5.41) is 0. The number of hydrogen-bond donors (Lipinski definition) is 0. The van der Waals surface area contributed by atoms with E-state index in [9.17, 15) is 4.79 Å². The van der Waals surface area contributed by atoms with Gasteiger partial charge in [0.05, 0.1) is 0 Å². The highest BCUT2D eigenvalue weighted by Crippen LogP contribution is 2.28. The SMILES string of the molecule is C=C(/C=C\C=C=C(C)CCC1CCCCC1)Cc1cccc(CCCCC=O)c1CCC.C=O.CC. The van der Waals surface area contributed by atoms with Crippen LogP contribution < -0.4 is 0 Å². The largest absolute Gasteiger partial charge is 0.307 e. The van der Waals surface area contributed by atoms with Crippen LogP contribution in [0.15, 0.2) is 59.9 Å². The topological polar surface area (TPSA) is 34.1 Å². The fourth-order valence-corrected chi connectivity index (χ4v) is 4.85. The molecule has 1 aromatic carbocycles. The van der Waals surface area contributed by atoms with E-state index < -0.39 is 0 Å². The molecule has 0 saturated heterocycles. The minimum absolute atomic E-state index is 0.673. The van der Waals surface area contributed by atoms with Gasteiger partial charge in [-0.25, -0.2) is 0 Å². The Morgan fingerprint density at radius 2 is 1.75 bits per heavy atom. The number of benzene rings is 1. The predicted octanol–water partition coefficient (Wildman–Crippen LogP) is 9.51. The second-order valence-electron chi connectivity index (χ2n) is 9.55. The monoisotopic (exact) mass is 492 g/mol. The third-order valence-corrected chi connectivity index (χ3v) is 6.72. The summed E-state index contributed by atoms with van der Waals surface area (Å²) in [6.07, 6.45) is 23.9. The van der Waals surface area contributed by atoms with Crippen LogP contribution in [0.5, 0.6) is 0 Å². The summed E-state index contributed by atoms with van der Waals surface area (Å²) < 4.78 is 0. The molecule has 0 amide bonds. The van der Waals surface area contributed by atoms with Crippen molar-refractivity contribution in [2.45, 2.75) is 118 Å². The summed E-state index contributed by atoms with van der Waals surface area (Å²) >= 11 is 0. The Morgan fingerprint density at radius 3 is 2.42 bits per heavy atom. The van der Waals surface area contributed by atoms with E-state index in [2.05, 4.69) is 62.6 Å². The Hall–Kier alpha value is -2.44. The molecular formula is C34H52O2. The molecule has 0 spiro atoms. The molecule has 0 bridgehead atoms. The van der Waals surface area contributed by atoms with Gasteiger partial charge in [-0.15, -0.1) is 5.73 Å². The van der Waals surface area contributed by atoms with Crippen LogP contribution in [0, 0.1) is 5.92 Å². The number of carbonyl (C=O) groups excluding carboxylic acids is 2. The van der Waals surface area contributed by atoms with Crippen LogP contribution in [-0.4, -0.2) is 13.1 Å². The molecule has 1 aromatic rings. The Morgan fingerprint density at radius 1 is 1.06 bits per heavy atom. The van der Waals surface area contributed by atoms with Crippen molar-refractivity contribution in [1.82, 2.24) is 0 Å². The summed E-state index contributed by atoms with van der Waals surface area (Å²) in [4.78, 5) is 18.6. The lowest BCUT2D eigenvalue weighted by molar-refractivity contribution is -0.108. The van der Waals surface area contributed by atoms with Gasteiger partial charge in [-0.1, -0.05) is 102 Å². The van der Waals surface area contributed by atoms with E-state index in [4.69, 9.17) is 4.79 Å². The van der Waals surface area contributed by atoms with Crippen molar-refractivity contribution in [1.29, 1.82) is 0 Å². The minimum Gasteiger partial charge on any atom is -0.307 e. The van der Waals surface area contributed by atoms with Gasteiger partial charge in [0.2, 0.25) is 0 Å². The van der Waals surface area contributed by atoms with Crippen LogP contribution in [0.2, 0.25) is 0 Å². The number of allylic oxidation sites excluding steroid dienone is 4. The first-order valence-corrected chi connectivity index (χ1v) is 14.2. The molecular weight excluding hydrogens is 440 g/mol. The summed E-state index contributed by atoms with van der Waals surface area (Å²) in [5.74, 6) is 0.939. The van der Waals surface area contributed by atoms with Crippen LogP contribution in [-0.2, 0) is 28.9 Å². The quantitative estimate of drug-likeness (QED) is 0.112. The number of unbranched alkanes of at least 4 members (excludes halogenated alkanes) is 2. The highest BCUT2D eigenvalue weighted by atomic mass is 16.1. The summed E-state index contributed by atoms with van der Waals surface area (Å²) in [6, 6.07) is 6.70. The molecule has 2 rings (SSSR count). The summed E-state index contributed by atoms with van der Waals surface area (Å²) in [5.41, 5.74) is 10.3. The van der Waals surface area contributed by atoms with Gasteiger partial charge >= 0.3 is 0 Å². The van der Waals surface area contributed by atoms with E-state index in [0.29, 0.717) is 6.42 Å². The van der Waals surface area contributed by atoms with E-state index in [1.54, 1.807) is 0 Å². The van der Waals surface area contributed by atoms with Gasteiger partial charge in [0.15, 0.2) is 0 Å². The maximum atomic E-state index is 10.6. The number of carbonyl (C=O) groups is 2. The van der Waals surface area contributed by atoms with Gasteiger partial charge in [0, 0.05) is 6.42 Å². The van der Waals surface area contributed by atoms with Crippen molar-refractivity contribution >= 4 is 13.1 Å². The molecule has 2 heteroatoms.